The van der Waals surface area contributed by atoms with Crippen LogP contribution in [0.2, 0.25) is 0 Å². The number of rotatable bonds is 26. The first-order valence-corrected chi connectivity index (χ1v) is 18.5. The molecule has 1 heterocycles. The normalized spacial score (nSPS) is 11.3. The summed E-state index contributed by atoms with van der Waals surface area (Å²) in [5.74, 6) is 2.15. The molecule has 54 heavy (non-hydrogen) atoms. The lowest BCUT2D eigenvalue weighted by Gasteiger charge is -2.32. The Morgan fingerprint density at radius 2 is 1.24 bits per heavy atom. The Hall–Kier alpha value is -4.90. The van der Waals surface area contributed by atoms with Crippen LogP contribution in [0.25, 0.3) is 0 Å². The molecule has 12 heteroatoms. The van der Waals surface area contributed by atoms with Crippen LogP contribution in [0.1, 0.15) is 66.5 Å². The number of amides is 2. The smallest absolute Gasteiger partial charge is 0.243 e. The molecular weight excluding hydrogens is 686 g/mol. The van der Waals surface area contributed by atoms with Crippen molar-refractivity contribution in [3.63, 3.8) is 0 Å². The average molecular weight is 740 g/mol. The molecule has 0 spiro atoms. The number of terminal acetylenes is 1. The van der Waals surface area contributed by atoms with Crippen molar-refractivity contribution >= 4 is 17.5 Å². The fourth-order valence-electron chi connectivity index (χ4n) is 5.58. The standard InChI is InChI=1S/C42H53N5O7/c1-4-25-50-27-29-52-31-32-53-30-28-51-26-24-47-33-39(44-46-47)42(36-20-16-34(2)17-21-36,37-22-18-35(3)19-23-37)54-45-41(49)15-11-6-5-10-14-40(48)43-38-12-8-7-9-13-38/h1,7-9,12-13,16-23,33H,5-6,10-11,14-15,24-32H2,2-3H3,(H,43,48)(H,45,49). The van der Waals surface area contributed by atoms with Crippen LogP contribution in [0.4, 0.5) is 5.69 Å². The Morgan fingerprint density at radius 1 is 0.704 bits per heavy atom. The number of hydrogen-bond donors (Lipinski definition) is 2. The van der Waals surface area contributed by atoms with E-state index in [1.165, 1.54) is 0 Å². The molecular formula is C42H53N5O7. The second-order valence-corrected chi connectivity index (χ2v) is 12.8. The van der Waals surface area contributed by atoms with Gasteiger partial charge in [-0.15, -0.1) is 11.5 Å². The second kappa shape index (κ2) is 23.7. The van der Waals surface area contributed by atoms with Crippen LogP contribution in [0.5, 0.6) is 0 Å². The van der Waals surface area contributed by atoms with Gasteiger partial charge in [0, 0.05) is 18.5 Å². The summed E-state index contributed by atoms with van der Waals surface area (Å²) in [5, 5.41) is 11.9. The Labute approximate surface area is 318 Å². The fourth-order valence-corrected chi connectivity index (χ4v) is 5.58. The Morgan fingerprint density at radius 3 is 1.81 bits per heavy atom. The van der Waals surface area contributed by atoms with Crippen LogP contribution in [0.3, 0.4) is 0 Å². The molecule has 1 aromatic heterocycles. The number of carbonyl (C=O) groups is 2. The predicted molar refractivity (Wildman–Crippen MR) is 206 cm³/mol. The SMILES string of the molecule is C#CCOCCOCCOCCOCCn1cc(C(ONC(=O)CCCCCCC(=O)Nc2ccccc2)(c2ccc(C)cc2)c2ccc(C)cc2)nn1. The van der Waals surface area contributed by atoms with Gasteiger partial charge in [-0.1, -0.05) is 102 Å². The van der Waals surface area contributed by atoms with Crippen molar-refractivity contribution in [2.45, 2.75) is 64.5 Å². The van der Waals surface area contributed by atoms with E-state index in [1.807, 2.05) is 98.9 Å². The van der Waals surface area contributed by atoms with Gasteiger partial charge in [-0.05, 0) is 49.9 Å². The molecule has 0 saturated carbocycles. The number of ether oxygens (including phenoxy) is 4. The van der Waals surface area contributed by atoms with Gasteiger partial charge in [-0.3, -0.25) is 14.4 Å². The van der Waals surface area contributed by atoms with Crippen LogP contribution >= 0.6 is 0 Å². The summed E-state index contributed by atoms with van der Waals surface area (Å²) in [4.78, 5) is 31.9. The quantitative estimate of drug-likeness (QED) is 0.0458. The van der Waals surface area contributed by atoms with Crippen LogP contribution in [-0.2, 0) is 45.5 Å². The van der Waals surface area contributed by atoms with E-state index in [0.29, 0.717) is 71.3 Å². The number of benzene rings is 3. The van der Waals surface area contributed by atoms with Crippen molar-refractivity contribution in [2.24, 2.45) is 0 Å². The van der Waals surface area contributed by atoms with Gasteiger partial charge < -0.3 is 24.3 Å². The van der Waals surface area contributed by atoms with E-state index < -0.39 is 5.60 Å². The highest BCUT2D eigenvalue weighted by Crippen LogP contribution is 2.39. The monoisotopic (exact) mass is 739 g/mol. The molecule has 0 bridgehead atoms. The molecule has 4 aromatic rings. The highest BCUT2D eigenvalue weighted by atomic mass is 16.7. The third-order valence-electron chi connectivity index (χ3n) is 8.51. The minimum Gasteiger partial charge on any atom is -0.377 e. The van der Waals surface area contributed by atoms with E-state index in [-0.39, 0.29) is 24.8 Å². The first-order chi connectivity index (χ1) is 26.4. The second-order valence-electron chi connectivity index (χ2n) is 12.8. The van der Waals surface area contributed by atoms with Gasteiger partial charge in [-0.2, -0.15) is 0 Å². The molecule has 4 rings (SSSR count). The Bertz CT molecular complexity index is 1660. The van der Waals surface area contributed by atoms with E-state index in [1.54, 1.807) is 4.68 Å². The van der Waals surface area contributed by atoms with E-state index in [4.69, 9.17) is 30.2 Å². The third kappa shape index (κ3) is 14.2. The Balaban J connectivity index is 1.31. The molecule has 3 aromatic carbocycles. The van der Waals surface area contributed by atoms with E-state index >= 15 is 0 Å². The lowest BCUT2D eigenvalue weighted by molar-refractivity contribution is -0.144. The third-order valence-corrected chi connectivity index (χ3v) is 8.51. The molecule has 0 aliphatic heterocycles. The maximum absolute atomic E-state index is 13.2. The number of para-hydroxylation sites is 1. The number of hydrogen-bond acceptors (Lipinski definition) is 9. The molecule has 2 N–H and O–H groups in total. The summed E-state index contributed by atoms with van der Waals surface area (Å²) in [6.45, 7) is 7.85. The maximum atomic E-state index is 13.2. The van der Waals surface area contributed by atoms with Crippen LogP contribution in [0, 0.1) is 26.2 Å². The molecule has 0 unspecified atom stereocenters. The van der Waals surface area contributed by atoms with Crippen molar-refractivity contribution in [1.29, 1.82) is 0 Å². The minimum absolute atomic E-state index is 0.0110. The number of nitrogens with zero attached hydrogens (tertiary/aromatic N) is 3. The first kappa shape index (κ1) is 41.9. The maximum Gasteiger partial charge on any atom is 0.243 e. The summed E-state index contributed by atoms with van der Waals surface area (Å²) in [6.07, 6.45) is 10.7. The van der Waals surface area contributed by atoms with E-state index in [0.717, 1.165) is 47.2 Å². The predicted octanol–water partition coefficient (Wildman–Crippen LogP) is 5.91. The minimum atomic E-state index is -1.29. The van der Waals surface area contributed by atoms with Gasteiger partial charge in [0.15, 0.2) is 5.60 Å². The number of unbranched alkanes of at least 4 members (excludes halogenated alkanes) is 3. The number of aryl methyl sites for hydroxylation is 2. The van der Waals surface area contributed by atoms with Crippen molar-refractivity contribution in [3.05, 3.63) is 113 Å². The van der Waals surface area contributed by atoms with Crippen molar-refractivity contribution in [3.8, 4) is 12.3 Å². The molecule has 0 aliphatic carbocycles. The van der Waals surface area contributed by atoms with Gasteiger partial charge in [0.2, 0.25) is 11.8 Å². The first-order valence-electron chi connectivity index (χ1n) is 18.5. The lowest BCUT2D eigenvalue weighted by atomic mass is 9.83. The van der Waals surface area contributed by atoms with Crippen LogP contribution < -0.4 is 10.8 Å². The summed E-state index contributed by atoms with van der Waals surface area (Å²) in [6, 6.07) is 25.4. The van der Waals surface area contributed by atoms with Crippen LogP contribution in [-0.4, -0.2) is 79.7 Å². The largest absolute Gasteiger partial charge is 0.377 e. The zero-order valence-electron chi connectivity index (χ0n) is 31.5. The van der Waals surface area contributed by atoms with Crippen molar-refractivity contribution < 1.29 is 33.4 Å². The van der Waals surface area contributed by atoms with Crippen LogP contribution in [0.15, 0.2) is 85.1 Å². The summed E-state index contributed by atoms with van der Waals surface area (Å²) < 4.78 is 23.6. The molecule has 0 aliphatic rings. The Kier molecular flexibility index (Phi) is 18.4. The highest BCUT2D eigenvalue weighted by molar-refractivity contribution is 5.90. The molecule has 12 nitrogen and oxygen atoms in total. The van der Waals surface area contributed by atoms with Crippen molar-refractivity contribution in [1.82, 2.24) is 20.5 Å². The van der Waals surface area contributed by atoms with E-state index in [2.05, 4.69) is 27.0 Å². The highest BCUT2D eigenvalue weighted by Gasteiger charge is 2.42. The molecule has 288 valence electrons. The summed E-state index contributed by atoms with van der Waals surface area (Å²) in [7, 11) is 0. The number of aromatic nitrogens is 3. The molecule has 0 atom stereocenters. The van der Waals surface area contributed by atoms with Gasteiger partial charge in [-0.25, -0.2) is 10.2 Å². The van der Waals surface area contributed by atoms with Gasteiger partial charge >= 0.3 is 0 Å². The fraction of sp³-hybridized carbons (Fsp3) is 0.429. The molecule has 0 fully saturated rings. The zero-order chi connectivity index (χ0) is 38.3. The van der Waals surface area contributed by atoms with Gasteiger partial charge in [0.25, 0.3) is 0 Å². The summed E-state index contributed by atoms with van der Waals surface area (Å²) in [5.41, 5.74) is 6.51. The number of nitrogens with one attached hydrogen (secondary N) is 2. The van der Waals surface area contributed by atoms with Gasteiger partial charge in [0.1, 0.15) is 12.3 Å². The molecule has 0 radical (unpaired) electrons. The van der Waals surface area contributed by atoms with Gasteiger partial charge in [0.05, 0.1) is 59.0 Å². The number of hydroxylamine groups is 1. The zero-order valence-corrected chi connectivity index (χ0v) is 31.5. The number of carbonyl (C=O) groups excluding carboxylic acids is 2. The lowest BCUT2D eigenvalue weighted by Crippen LogP contribution is -2.41. The average Bonchev–Trinajstić information content (AvgIpc) is 3.66. The summed E-state index contributed by atoms with van der Waals surface area (Å²) >= 11 is 0. The topological polar surface area (TPSA) is 135 Å². The molecule has 2 amide bonds. The molecule has 0 saturated heterocycles. The van der Waals surface area contributed by atoms with E-state index in [9.17, 15) is 9.59 Å². The number of anilines is 1. The van der Waals surface area contributed by atoms with Crippen molar-refractivity contribution in [2.75, 3.05) is 58.2 Å².